The number of ether oxygens (including phenoxy) is 1. The van der Waals surface area contributed by atoms with Crippen molar-refractivity contribution in [3.8, 4) is 0 Å². The zero-order valence-corrected chi connectivity index (χ0v) is 21.8. The third kappa shape index (κ3) is 3.62. The summed E-state index contributed by atoms with van der Waals surface area (Å²) in [4.78, 5) is 28.5. The Bertz CT molecular complexity index is 1190. The maximum atomic E-state index is 12.6. The topological polar surface area (TPSA) is 141 Å². The molecule has 5 unspecified atom stereocenters. The fourth-order valence-corrected chi connectivity index (χ4v) is 9.13. The highest BCUT2D eigenvalue weighted by Gasteiger charge is 2.71. The summed E-state index contributed by atoms with van der Waals surface area (Å²) in [5, 5.41) is 39.4. The second kappa shape index (κ2) is 8.96. The van der Waals surface area contributed by atoms with Crippen molar-refractivity contribution >= 4 is 18.1 Å². The molecule has 38 heavy (non-hydrogen) atoms. The Balaban J connectivity index is 1.33. The molecule has 0 spiro atoms. The molecule has 1 amide bonds. The molecular weight excluding hydrogens is 486 g/mol. The number of nitrogens with one attached hydrogen (secondary N) is 1. The van der Waals surface area contributed by atoms with Crippen LogP contribution in [0.1, 0.15) is 75.1 Å². The summed E-state index contributed by atoms with van der Waals surface area (Å²) in [6.45, 7) is 2.46. The van der Waals surface area contributed by atoms with E-state index in [0.717, 1.165) is 24.8 Å². The predicted molar refractivity (Wildman–Crippen MR) is 138 cm³/mol. The normalized spacial score (nSPS) is 44.1. The molecule has 9 nitrogen and oxygen atoms in total. The number of aliphatic hydroxyl groups excluding tert-OH is 1. The average molecular weight is 524 g/mol. The van der Waals surface area contributed by atoms with Crippen LogP contribution in [0.5, 0.6) is 0 Å². The lowest BCUT2D eigenvalue weighted by Crippen LogP contribution is -2.68. The number of amides is 1. The minimum atomic E-state index is -1.18. The van der Waals surface area contributed by atoms with Crippen molar-refractivity contribution in [1.82, 2.24) is 10.4 Å². The lowest BCUT2D eigenvalue weighted by atomic mass is 9.41. The summed E-state index contributed by atoms with van der Waals surface area (Å²) < 4.78 is 5.22. The van der Waals surface area contributed by atoms with Crippen LogP contribution in [-0.4, -0.2) is 62.3 Å². The van der Waals surface area contributed by atoms with Gasteiger partial charge in [-0.2, -0.15) is 5.10 Å². The Kier molecular flexibility index (Phi) is 6.05. The number of cyclic esters (lactones) is 1. The van der Waals surface area contributed by atoms with E-state index in [9.17, 15) is 24.9 Å². The first kappa shape index (κ1) is 25.6. The molecule has 4 N–H and O–H groups in total. The molecule has 4 aliphatic carbocycles. The Hall–Kier alpha value is -2.62. The second-order valence-corrected chi connectivity index (χ2v) is 12.5. The van der Waals surface area contributed by atoms with Gasteiger partial charge in [-0.05, 0) is 86.8 Å². The fourth-order valence-electron chi connectivity index (χ4n) is 9.13. The van der Waals surface area contributed by atoms with Crippen molar-refractivity contribution < 1.29 is 29.6 Å². The minimum absolute atomic E-state index is 0.0555. The van der Waals surface area contributed by atoms with E-state index in [1.54, 1.807) is 30.6 Å². The van der Waals surface area contributed by atoms with Gasteiger partial charge < -0.3 is 20.1 Å². The van der Waals surface area contributed by atoms with Crippen molar-refractivity contribution in [3.63, 3.8) is 0 Å². The van der Waals surface area contributed by atoms with Crippen LogP contribution in [0.15, 0.2) is 41.3 Å². The first-order chi connectivity index (χ1) is 18.1. The predicted octanol–water partition coefficient (Wildman–Crippen LogP) is 2.51. The highest BCUT2D eigenvalue weighted by molar-refractivity contribution is 5.94. The molecule has 1 aromatic rings. The monoisotopic (exact) mass is 523 g/mol. The van der Waals surface area contributed by atoms with E-state index in [-0.39, 0.29) is 36.1 Å². The van der Waals surface area contributed by atoms with Crippen molar-refractivity contribution in [2.45, 2.75) is 82.0 Å². The summed E-state index contributed by atoms with van der Waals surface area (Å²) in [7, 11) is 0. The minimum Gasteiger partial charge on any atom is -0.458 e. The zero-order valence-electron chi connectivity index (χ0n) is 21.8. The van der Waals surface area contributed by atoms with Crippen LogP contribution in [0.3, 0.4) is 0 Å². The van der Waals surface area contributed by atoms with E-state index in [1.807, 2.05) is 0 Å². The highest BCUT2D eigenvalue weighted by Crippen LogP contribution is 2.70. The summed E-state index contributed by atoms with van der Waals surface area (Å²) >= 11 is 0. The lowest BCUT2D eigenvalue weighted by Gasteiger charge is -2.65. The van der Waals surface area contributed by atoms with Crippen LogP contribution in [0.25, 0.3) is 0 Å². The summed E-state index contributed by atoms with van der Waals surface area (Å²) in [5.41, 5.74) is 0.674. The number of carbonyl (C=O) groups is 2. The van der Waals surface area contributed by atoms with E-state index in [4.69, 9.17) is 4.74 Å². The van der Waals surface area contributed by atoms with Gasteiger partial charge in [-0.25, -0.2) is 10.2 Å². The molecule has 1 aromatic heterocycles. The molecule has 0 saturated heterocycles. The van der Waals surface area contributed by atoms with Crippen molar-refractivity contribution in [2.24, 2.45) is 33.7 Å². The highest BCUT2D eigenvalue weighted by atomic mass is 16.5. The molecule has 8 atom stereocenters. The molecule has 6 rings (SSSR count). The number of fused-ring (bicyclic) bond motifs is 5. The maximum Gasteiger partial charge on any atom is 0.331 e. The second-order valence-electron chi connectivity index (χ2n) is 12.5. The smallest absolute Gasteiger partial charge is 0.331 e. The molecule has 0 radical (unpaired) electrons. The number of hydrazone groups is 1. The van der Waals surface area contributed by atoms with E-state index >= 15 is 0 Å². The Morgan fingerprint density at radius 1 is 1.16 bits per heavy atom. The largest absolute Gasteiger partial charge is 0.458 e. The molecular formula is C29H37N3O6. The molecule has 4 saturated carbocycles. The quantitative estimate of drug-likeness (QED) is 0.270. The number of hydrogen-bond acceptors (Lipinski definition) is 8. The molecule has 1 aliphatic heterocycles. The van der Waals surface area contributed by atoms with Gasteiger partial charge in [0.2, 0.25) is 0 Å². The third-order valence-corrected chi connectivity index (χ3v) is 11.0. The Labute approximate surface area is 222 Å². The van der Waals surface area contributed by atoms with Gasteiger partial charge in [0.05, 0.1) is 22.9 Å². The van der Waals surface area contributed by atoms with Gasteiger partial charge in [0.1, 0.15) is 6.61 Å². The molecule has 0 aromatic carbocycles. The molecule has 2 heterocycles. The molecule has 9 heteroatoms. The number of aliphatic hydroxyl groups is 3. The number of aromatic nitrogens is 1. The van der Waals surface area contributed by atoms with Crippen LogP contribution < -0.4 is 5.43 Å². The number of carbonyl (C=O) groups excluding carboxylic acids is 2. The lowest BCUT2D eigenvalue weighted by molar-refractivity contribution is -0.237. The van der Waals surface area contributed by atoms with Gasteiger partial charge in [0.15, 0.2) is 0 Å². The van der Waals surface area contributed by atoms with Crippen LogP contribution in [0, 0.1) is 28.6 Å². The van der Waals surface area contributed by atoms with Gasteiger partial charge >= 0.3 is 5.97 Å². The molecule has 5 aliphatic rings. The summed E-state index contributed by atoms with van der Waals surface area (Å²) in [6, 6.07) is 3.34. The van der Waals surface area contributed by atoms with Crippen molar-refractivity contribution in [3.05, 3.63) is 41.7 Å². The Morgan fingerprint density at radius 2 is 1.97 bits per heavy atom. The molecule has 0 bridgehead atoms. The van der Waals surface area contributed by atoms with Gasteiger partial charge in [-0.3, -0.25) is 9.78 Å². The first-order valence-electron chi connectivity index (χ1n) is 13.9. The maximum absolute atomic E-state index is 12.6. The standard InChI is InChI=1S/C29H37N3O6/c1-26-8-5-22-23(29(26,37)11-7-21(26)19-13-24(34)38-16-19)6-10-28(36)14-20(33)4-9-27(22,28)17-31-32-25(35)18-3-2-12-30-15-18/h2-3,12-13,15,17,20-23,33,36-37H,4-11,14,16H2,1H3,(H,32,35)/b31-17+/t20-,21?,22+,23-,26?,27?,28?,29?/m1/s1. The molecule has 4 fully saturated rings. The van der Waals surface area contributed by atoms with Crippen LogP contribution in [0.2, 0.25) is 0 Å². The van der Waals surface area contributed by atoms with Gasteiger partial charge in [-0.15, -0.1) is 0 Å². The number of hydrogen-bond donors (Lipinski definition) is 4. The van der Waals surface area contributed by atoms with E-state index in [1.165, 1.54) is 6.20 Å². The van der Waals surface area contributed by atoms with Crippen LogP contribution >= 0.6 is 0 Å². The van der Waals surface area contributed by atoms with Gasteiger partial charge in [-0.1, -0.05) is 6.92 Å². The zero-order chi connectivity index (χ0) is 26.8. The summed E-state index contributed by atoms with van der Waals surface area (Å²) in [5.74, 6) is -0.731. The number of pyridine rings is 1. The first-order valence-corrected chi connectivity index (χ1v) is 13.9. The SMILES string of the molecule is CC12CC[C@H]3[C@@H](CCC4(O)C[C@H](O)CCC34/C=N/NC(=O)c3cccnc3)C1(O)CCC2C1=CC(=O)OC1. The van der Waals surface area contributed by atoms with E-state index in [0.29, 0.717) is 44.3 Å². The van der Waals surface area contributed by atoms with Crippen LogP contribution in [0.4, 0.5) is 0 Å². The number of esters is 1. The fraction of sp³-hybridized carbons (Fsp3) is 0.655. The molecule has 204 valence electrons. The van der Waals surface area contributed by atoms with Gasteiger partial charge in [0.25, 0.3) is 5.91 Å². The number of rotatable bonds is 4. The van der Waals surface area contributed by atoms with E-state index < -0.39 is 28.1 Å². The van der Waals surface area contributed by atoms with Crippen LogP contribution in [-0.2, 0) is 9.53 Å². The summed E-state index contributed by atoms with van der Waals surface area (Å²) in [6.07, 6.45) is 11.2. The van der Waals surface area contributed by atoms with Gasteiger partial charge in [0, 0.05) is 41.9 Å². The Morgan fingerprint density at radius 3 is 2.71 bits per heavy atom. The third-order valence-electron chi connectivity index (χ3n) is 11.0. The van der Waals surface area contributed by atoms with Crippen molar-refractivity contribution in [1.29, 1.82) is 0 Å². The number of nitrogens with zero attached hydrogens (tertiary/aromatic N) is 2. The van der Waals surface area contributed by atoms with Crippen molar-refractivity contribution in [2.75, 3.05) is 6.61 Å². The van der Waals surface area contributed by atoms with E-state index in [2.05, 4.69) is 22.4 Å². The average Bonchev–Trinajstić information content (AvgIpc) is 3.44.